The Labute approximate surface area is 172 Å². The summed E-state index contributed by atoms with van der Waals surface area (Å²) in [6.07, 6.45) is 1.68. The Morgan fingerprint density at radius 2 is 2.21 bits per heavy atom. The van der Waals surface area contributed by atoms with Crippen molar-refractivity contribution in [2.45, 2.75) is 20.4 Å². The van der Waals surface area contributed by atoms with Crippen molar-refractivity contribution in [2.24, 2.45) is 0 Å². The molecule has 3 N–H and O–H groups in total. The summed E-state index contributed by atoms with van der Waals surface area (Å²) in [7, 11) is 0. The molecule has 10 nitrogen and oxygen atoms in total. The van der Waals surface area contributed by atoms with Gasteiger partial charge in [-0.25, -0.2) is 9.97 Å². The summed E-state index contributed by atoms with van der Waals surface area (Å²) in [5, 5.41) is 19.1. The molecular weight excluding hydrogens is 398 g/mol. The second-order valence-corrected chi connectivity index (χ2v) is 6.47. The highest BCUT2D eigenvalue weighted by atomic mass is 35.5. The molecular formula is C18H22ClN7O3. The maximum Gasteiger partial charge on any atom is 0.274 e. The number of aryl methyl sites for hydroxylation is 1. The monoisotopic (exact) mass is 419 g/mol. The molecule has 3 aromatic heterocycles. The first-order chi connectivity index (χ1) is 14.0. The summed E-state index contributed by atoms with van der Waals surface area (Å²) in [5.41, 5.74) is 1.92. The number of aromatic nitrogens is 5. The maximum absolute atomic E-state index is 12.5. The van der Waals surface area contributed by atoms with E-state index in [-0.39, 0.29) is 24.1 Å². The van der Waals surface area contributed by atoms with E-state index in [9.17, 15) is 4.79 Å². The lowest BCUT2D eigenvalue weighted by Gasteiger charge is -2.10. The van der Waals surface area contributed by atoms with Gasteiger partial charge >= 0.3 is 0 Å². The van der Waals surface area contributed by atoms with Gasteiger partial charge in [0.05, 0.1) is 19.8 Å². The van der Waals surface area contributed by atoms with Crippen LogP contribution < -0.4 is 10.6 Å². The highest BCUT2D eigenvalue weighted by molar-refractivity contribution is 6.29. The van der Waals surface area contributed by atoms with E-state index in [1.165, 1.54) is 0 Å². The van der Waals surface area contributed by atoms with E-state index in [0.29, 0.717) is 42.4 Å². The first-order valence-electron chi connectivity index (χ1n) is 9.14. The van der Waals surface area contributed by atoms with Gasteiger partial charge in [-0.1, -0.05) is 0 Å². The van der Waals surface area contributed by atoms with Gasteiger partial charge < -0.3 is 20.5 Å². The molecule has 0 aliphatic carbocycles. The van der Waals surface area contributed by atoms with Crippen molar-refractivity contribution < 1.29 is 14.6 Å². The van der Waals surface area contributed by atoms with E-state index in [2.05, 4.69) is 30.7 Å². The number of fused-ring (bicyclic) bond motifs is 1. The van der Waals surface area contributed by atoms with E-state index in [1.54, 1.807) is 10.9 Å². The number of hydrogen-bond donors (Lipinski definition) is 3. The van der Waals surface area contributed by atoms with Crippen LogP contribution in [0.15, 0.2) is 18.3 Å². The number of nitrogens with one attached hydrogen (secondary N) is 2. The SMILES string of the molecule is CCOCCn1nc(C(=O)NCCO)c2nc(Cl)nc(Nc3cc(C)ccn3)c21. The summed E-state index contributed by atoms with van der Waals surface area (Å²) in [4.78, 5) is 25.3. The number of ether oxygens (including phenoxy) is 1. The summed E-state index contributed by atoms with van der Waals surface area (Å²) in [6.45, 7) is 5.11. The third-order valence-electron chi connectivity index (χ3n) is 3.99. The van der Waals surface area contributed by atoms with Crippen molar-refractivity contribution in [3.63, 3.8) is 0 Å². The number of hydrogen-bond acceptors (Lipinski definition) is 8. The molecule has 0 spiro atoms. The Kier molecular flexibility index (Phi) is 6.91. The van der Waals surface area contributed by atoms with Crippen molar-refractivity contribution in [3.05, 3.63) is 34.9 Å². The fourth-order valence-electron chi connectivity index (χ4n) is 2.73. The van der Waals surface area contributed by atoms with Gasteiger partial charge in [-0.15, -0.1) is 0 Å². The lowest BCUT2D eigenvalue weighted by atomic mass is 10.3. The van der Waals surface area contributed by atoms with Gasteiger partial charge in [0, 0.05) is 19.3 Å². The smallest absolute Gasteiger partial charge is 0.274 e. The molecule has 3 aromatic rings. The molecule has 0 atom stereocenters. The largest absolute Gasteiger partial charge is 0.395 e. The topological polar surface area (TPSA) is 127 Å². The van der Waals surface area contributed by atoms with Gasteiger partial charge in [-0.05, 0) is 43.1 Å². The van der Waals surface area contributed by atoms with Crippen LogP contribution in [-0.4, -0.2) is 62.1 Å². The molecule has 11 heteroatoms. The molecule has 0 saturated carbocycles. The van der Waals surface area contributed by atoms with Crippen LogP contribution in [0, 0.1) is 6.92 Å². The zero-order chi connectivity index (χ0) is 20.8. The summed E-state index contributed by atoms with van der Waals surface area (Å²) < 4.78 is 7.03. The van der Waals surface area contributed by atoms with E-state index in [4.69, 9.17) is 21.4 Å². The molecule has 3 heterocycles. The standard InChI is InChI=1S/C18H22ClN7O3/c1-3-29-9-7-26-15-13(14(25-26)17(28)21-6-8-27)23-18(19)24-16(15)22-12-10-11(2)4-5-20-12/h4-5,10,27H,3,6-9H2,1-2H3,(H,21,28)(H,20,22,23,24). The molecule has 0 aliphatic rings. The molecule has 0 bridgehead atoms. The Balaban J connectivity index is 2.09. The van der Waals surface area contributed by atoms with Crippen molar-refractivity contribution in [2.75, 3.05) is 31.7 Å². The van der Waals surface area contributed by atoms with Gasteiger partial charge in [0.15, 0.2) is 11.5 Å². The third-order valence-corrected chi connectivity index (χ3v) is 4.15. The number of halogens is 1. The lowest BCUT2D eigenvalue weighted by molar-refractivity contribution is 0.0939. The van der Waals surface area contributed by atoms with Gasteiger partial charge in [0.2, 0.25) is 5.28 Å². The predicted octanol–water partition coefficient (Wildman–Crippen LogP) is 1.69. The van der Waals surface area contributed by atoms with Gasteiger partial charge in [0.25, 0.3) is 5.91 Å². The third kappa shape index (κ3) is 4.97. The molecule has 0 unspecified atom stereocenters. The Morgan fingerprint density at radius 1 is 1.38 bits per heavy atom. The minimum atomic E-state index is -0.464. The number of pyridine rings is 1. The molecule has 0 fully saturated rings. The first kappa shape index (κ1) is 20.9. The van der Waals surface area contributed by atoms with Crippen molar-refractivity contribution >= 4 is 40.2 Å². The highest BCUT2D eigenvalue weighted by Gasteiger charge is 2.23. The quantitative estimate of drug-likeness (QED) is 0.353. The normalized spacial score (nSPS) is 11.0. The molecule has 154 valence electrons. The first-order valence-corrected chi connectivity index (χ1v) is 9.51. The number of nitrogens with zero attached hydrogens (tertiary/aromatic N) is 5. The van der Waals surface area contributed by atoms with E-state index >= 15 is 0 Å². The lowest BCUT2D eigenvalue weighted by Crippen LogP contribution is -2.27. The number of aliphatic hydroxyl groups excluding tert-OH is 1. The maximum atomic E-state index is 12.5. The minimum Gasteiger partial charge on any atom is -0.395 e. The second-order valence-electron chi connectivity index (χ2n) is 6.13. The van der Waals surface area contributed by atoms with Crippen LogP contribution >= 0.6 is 11.6 Å². The molecule has 1 amide bonds. The molecule has 0 aliphatic heterocycles. The van der Waals surface area contributed by atoms with Gasteiger partial charge in [-0.2, -0.15) is 10.1 Å². The average molecular weight is 420 g/mol. The van der Waals surface area contributed by atoms with Crippen LogP contribution in [0.1, 0.15) is 23.0 Å². The Hall–Kier alpha value is -2.82. The van der Waals surface area contributed by atoms with E-state index < -0.39 is 5.91 Å². The van der Waals surface area contributed by atoms with Crippen LogP contribution in [0.25, 0.3) is 11.0 Å². The molecule has 0 saturated heterocycles. The molecule has 3 rings (SSSR count). The van der Waals surface area contributed by atoms with Crippen LogP contribution in [0.3, 0.4) is 0 Å². The number of aliphatic hydroxyl groups is 1. The van der Waals surface area contributed by atoms with E-state index in [1.807, 2.05) is 26.0 Å². The van der Waals surface area contributed by atoms with Crippen LogP contribution in [-0.2, 0) is 11.3 Å². The minimum absolute atomic E-state index is 0.0341. The zero-order valence-electron chi connectivity index (χ0n) is 16.1. The highest BCUT2D eigenvalue weighted by Crippen LogP contribution is 2.27. The summed E-state index contributed by atoms with van der Waals surface area (Å²) in [6, 6.07) is 3.74. The number of carbonyl (C=O) groups is 1. The van der Waals surface area contributed by atoms with Crippen LogP contribution in [0.4, 0.5) is 11.6 Å². The zero-order valence-corrected chi connectivity index (χ0v) is 16.9. The van der Waals surface area contributed by atoms with Crippen molar-refractivity contribution in [1.29, 1.82) is 0 Å². The second kappa shape index (κ2) is 9.59. The van der Waals surface area contributed by atoms with Crippen LogP contribution in [0.2, 0.25) is 5.28 Å². The van der Waals surface area contributed by atoms with Gasteiger partial charge in [-0.3, -0.25) is 9.48 Å². The molecule has 0 aromatic carbocycles. The van der Waals surface area contributed by atoms with Crippen molar-refractivity contribution in [1.82, 2.24) is 30.0 Å². The Morgan fingerprint density at radius 3 is 2.93 bits per heavy atom. The number of anilines is 2. The number of carbonyl (C=O) groups excluding carboxylic acids is 1. The number of amides is 1. The average Bonchev–Trinajstić information content (AvgIpc) is 3.05. The predicted molar refractivity (Wildman–Crippen MR) is 109 cm³/mol. The molecule has 29 heavy (non-hydrogen) atoms. The summed E-state index contributed by atoms with van der Waals surface area (Å²) in [5.74, 6) is 0.488. The fourth-order valence-corrected chi connectivity index (χ4v) is 2.90. The number of rotatable bonds is 9. The molecule has 0 radical (unpaired) electrons. The summed E-state index contributed by atoms with van der Waals surface area (Å²) >= 11 is 6.12. The fraction of sp³-hybridized carbons (Fsp3) is 0.389. The van der Waals surface area contributed by atoms with Crippen LogP contribution in [0.5, 0.6) is 0 Å². The van der Waals surface area contributed by atoms with E-state index in [0.717, 1.165) is 5.56 Å². The Bertz CT molecular complexity index is 1010. The van der Waals surface area contributed by atoms with Gasteiger partial charge in [0.1, 0.15) is 16.9 Å². The van der Waals surface area contributed by atoms with Crippen molar-refractivity contribution in [3.8, 4) is 0 Å².